The lowest BCUT2D eigenvalue weighted by atomic mass is 10.2. The van der Waals surface area contributed by atoms with Gasteiger partial charge in [0.25, 0.3) is 15.9 Å². The van der Waals surface area contributed by atoms with E-state index in [2.05, 4.69) is 4.98 Å². The van der Waals surface area contributed by atoms with Crippen molar-refractivity contribution in [3.8, 4) is 0 Å². The van der Waals surface area contributed by atoms with Crippen molar-refractivity contribution < 1.29 is 18.0 Å². The summed E-state index contributed by atoms with van der Waals surface area (Å²) >= 11 is 7.43. The van der Waals surface area contributed by atoms with E-state index in [1.165, 1.54) is 48.6 Å². The minimum Gasteiger partial charge on any atom is -0.288 e. The van der Waals surface area contributed by atoms with Gasteiger partial charge in [-0.1, -0.05) is 34.3 Å². The molecule has 0 spiro atoms. The van der Waals surface area contributed by atoms with Crippen LogP contribution in [0.25, 0.3) is 0 Å². The summed E-state index contributed by atoms with van der Waals surface area (Å²) in [7, 11) is -1.56. The lowest BCUT2D eigenvalue weighted by molar-refractivity contribution is -0.0258. The molecule has 0 bridgehead atoms. The van der Waals surface area contributed by atoms with Gasteiger partial charge in [-0.3, -0.25) is 14.5 Å². The average molecular weight is 452 g/mol. The summed E-state index contributed by atoms with van der Waals surface area (Å²) in [6.07, 6.45) is 0. The first-order chi connectivity index (χ1) is 13.8. The molecule has 0 radical (unpaired) electrons. The molecule has 152 valence electrons. The minimum atomic E-state index is -4.03. The molecule has 0 aliphatic carbocycles. The first-order valence-electron chi connectivity index (χ1n) is 8.40. The van der Waals surface area contributed by atoms with Gasteiger partial charge in [0, 0.05) is 18.0 Å². The van der Waals surface area contributed by atoms with Gasteiger partial charge < -0.3 is 0 Å². The predicted molar refractivity (Wildman–Crippen MR) is 113 cm³/mol. The molecule has 7 nitrogen and oxygen atoms in total. The molecule has 3 aromatic rings. The van der Waals surface area contributed by atoms with Crippen LogP contribution >= 0.6 is 22.9 Å². The van der Waals surface area contributed by atoms with Gasteiger partial charge >= 0.3 is 0 Å². The van der Waals surface area contributed by atoms with E-state index in [4.69, 9.17) is 16.4 Å². The molecule has 0 N–H and O–H groups in total. The smallest absolute Gasteiger partial charge is 0.266 e. The van der Waals surface area contributed by atoms with Crippen LogP contribution in [0.5, 0.6) is 0 Å². The van der Waals surface area contributed by atoms with E-state index >= 15 is 0 Å². The van der Waals surface area contributed by atoms with Gasteiger partial charge in [-0.15, -0.1) is 11.3 Å². The Kier molecular flexibility index (Phi) is 6.35. The predicted octanol–water partition coefficient (Wildman–Crippen LogP) is 4.27. The minimum absolute atomic E-state index is 0.0122. The third kappa shape index (κ3) is 4.34. The van der Waals surface area contributed by atoms with Crippen LogP contribution in [0, 0.1) is 6.92 Å². The second kappa shape index (κ2) is 8.60. The number of hydrogen-bond acceptors (Lipinski definition) is 6. The molecule has 0 saturated heterocycles. The van der Waals surface area contributed by atoms with Crippen molar-refractivity contribution in [2.45, 2.75) is 11.8 Å². The van der Waals surface area contributed by atoms with E-state index in [0.29, 0.717) is 15.3 Å². The summed E-state index contributed by atoms with van der Waals surface area (Å²) in [5, 5.41) is 2.30. The highest BCUT2D eigenvalue weighted by Crippen LogP contribution is 2.32. The first-order valence-corrected chi connectivity index (χ1v) is 11.1. The van der Waals surface area contributed by atoms with E-state index in [9.17, 15) is 13.2 Å². The van der Waals surface area contributed by atoms with Crippen LogP contribution < -0.4 is 4.90 Å². The number of thiazole rings is 1. The van der Waals surface area contributed by atoms with Gasteiger partial charge in [0.05, 0.1) is 23.5 Å². The number of amides is 1. The maximum atomic E-state index is 13.4. The molecule has 29 heavy (non-hydrogen) atoms. The maximum Gasteiger partial charge on any atom is 0.266 e. The van der Waals surface area contributed by atoms with Gasteiger partial charge in [-0.05, 0) is 37.3 Å². The number of sulfonamides is 1. The zero-order valence-electron chi connectivity index (χ0n) is 15.9. The fourth-order valence-corrected chi connectivity index (χ4v) is 4.83. The van der Waals surface area contributed by atoms with Crippen LogP contribution in [0.15, 0.2) is 58.8 Å². The number of aromatic nitrogens is 1. The molecule has 1 amide bonds. The number of carbonyl (C=O) groups is 1. The summed E-state index contributed by atoms with van der Waals surface area (Å²) in [5.41, 5.74) is 1.54. The Labute approximate surface area is 178 Å². The molecule has 0 unspecified atom stereocenters. The van der Waals surface area contributed by atoms with Crippen LogP contribution in [0.1, 0.15) is 16.1 Å². The Morgan fingerprint density at radius 2 is 1.86 bits per heavy atom. The van der Waals surface area contributed by atoms with Gasteiger partial charge in [0.1, 0.15) is 4.90 Å². The second-order valence-electron chi connectivity index (χ2n) is 5.99. The topological polar surface area (TPSA) is 79.8 Å². The van der Waals surface area contributed by atoms with E-state index in [-0.39, 0.29) is 15.5 Å². The molecule has 2 aromatic carbocycles. The van der Waals surface area contributed by atoms with E-state index in [1.54, 1.807) is 24.3 Å². The van der Waals surface area contributed by atoms with Crippen LogP contribution in [0.2, 0.25) is 5.02 Å². The maximum absolute atomic E-state index is 13.4. The fraction of sp³-hybridized carbons (Fsp3) is 0.158. The standard InChI is InChI=1S/C19H18ClN3O4S2/c1-13-12-28-19(21-13)23(15-7-5-4-6-8-15)18(24)14-9-10-16(20)17(11-14)29(25,26)22(2)27-3/h4-12H,1-3H3. The lowest BCUT2D eigenvalue weighted by Crippen LogP contribution is -2.28. The summed E-state index contributed by atoms with van der Waals surface area (Å²) in [5.74, 6) is -0.432. The van der Waals surface area contributed by atoms with Gasteiger partial charge in [-0.25, -0.2) is 13.4 Å². The number of aryl methyl sites for hydroxylation is 1. The van der Waals surface area contributed by atoms with Crippen molar-refractivity contribution in [3.05, 3.63) is 70.2 Å². The highest BCUT2D eigenvalue weighted by atomic mass is 35.5. The molecular formula is C19H18ClN3O4S2. The first kappa shape index (κ1) is 21.4. The van der Waals surface area contributed by atoms with Gasteiger partial charge in [0.2, 0.25) is 0 Å². The SMILES string of the molecule is CON(C)S(=O)(=O)c1cc(C(=O)N(c2ccccc2)c2nc(C)cs2)ccc1Cl. The van der Waals surface area contributed by atoms with E-state index < -0.39 is 15.9 Å². The Balaban J connectivity index is 2.11. The van der Waals surface area contributed by atoms with Crippen molar-refractivity contribution in [1.82, 2.24) is 9.45 Å². The molecule has 3 rings (SSSR count). The average Bonchev–Trinajstić information content (AvgIpc) is 3.14. The lowest BCUT2D eigenvalue weighted by Gasteiger charge is -2.21. The monoisotopic (exact) mass is 451 g/mol. The van der Waals surface area contributed by atoms with E-state index in [1.807, 2.05) is 18.4 Å². The Bertz CT molecular complexity index is 1130. The van der Waals surface area contributed by atoms with Gasteiger partial charge in [0.15, 0.2) is 5.13 Å². The Hall–Kier alpha value is -2.30. The number of hydroxylamine groups is 1. The van der Waals surface area contributed by atoms with Crippen molar-refractivity contribution >= 4 is 49.7 Å². The largest absolute Gasteiger partial charge is 0.288 e. The molecule has 0 aliphatic rings. The molecule has 1 aromatic heterocycles. The molecular weight excluding hydrogens is 434 g/mol. The third-order valence-electron chi connectivity index (χ3n) is 4.07. The van der Waals surface area contributed by atoms with Crippen molar-refractivity contribution in [2.75, 3.05) is 19.1 Å². The number of benzene rings is 2. The molecule has 0 fully saturated rings. The van der Waals surface area contributed by atoms with Crippen LogP contribution in [0.3, 0.4) is 0 Å². The molecule has 0 atom stereocenters. The highest BCUT2D eigenvalue weighted by molar-refractivity contribution is 7.89. The Morgan fingerprint density at radius 1 is 1.17 bits per heavy atom. The molecule has 1 heterocycles. The fourth-order valence-electron chi connectivity index (χ4n) is 2.54. The quantitative estimate of drug-likeness (QED) is 0.523. The van der Waals surface area contributed by atoms with E-state index in [0.717, 1.165) is 5.69 Å². The number of rotatable bonds is 6. The van der Waals surface area contributed by atoms with Crippen molar-refractivity contribution in [1.29, 1.82) is 0 Å². The van der Waals surface area contributed by atoms with Crippen molar-refractivity contribution in [3.63, 3.8) is 0 Å². The zero-order chi connectivity index (χ0) is 21.2. The molecule has 10 heteroatoms. The number of para-hydroxylation sites is 1. The second-order valence-corrected chi connectivity index (χ2v) is 9.14. The molecule has 0 aliphatic heterocycles. The highest BCUT2D eigenvalue weighted by Gasteiger charge is 2.28. The summed E-state index contributed by atoms with van der Waals surface area (Å²) in [6.45, 7) is 1.83. The number of halogens is 1. The normalized spacial score (nSPS) is 11.6. The van der Waals surface area contributed by atoms with Crippen LogP contribution in [-0.4, -0.2) is 37.9 Å². The number of anilines is 2. The van der Waals surface area contributed by atoms with Crippen LogP contribution in [0.4, 0.5) is 10.8 Å². The number of nitrogens with zero attached hydrogens (tertiary/aromatic N) is 3. The Morgan fingerprint density at radius 3 is 2.45 bits per heavy atom. The molecule has 0 saturated carbocycles. The summed E-state index contributed by atoms with van der Waals surface area (Å²) in [4.78, 5) is 23.8. The third-order valence-corrected chi connectivity index (χ3v) is 7.17. The summed E-state index contributed by atoms with van der Waals surface area (Å²) < 4.78 is 26.0. The number of carbonyl (C=O) groups excluding carboxylic acids is 1. The number of hydrogen-bond donors (Lipinski definition) is 0. The van der Waals surface area contributed by atoms with Gasteiger partial charge in [-0.2, -0.15) is 0 Å². The zero-order valence-corrected chi connectivity index (χ0v) is 18.3. The summed E-state index contributed by atoms with van der Waals surface area (Å²) in [6, 6.07) is 13.1. The van der Waals surface area contributed by atoms with Crippen LogP contribution in [-0.2, 0) is 14.9 Å². The van der Waals surface area contributed by atoms with Crippen molar-refractivity contribution in [2.24, 2.45) is 0 Å².